The Kier molecular flexibility index (Phi) is 10.4. The first-order chi connectivity index (χ1) is 13.7. The zero-order chi connectivity index (χ0) is 19.8. The summed E-state index contributed by atoms with van der Waals surface area (Å²) < 4.78 is 5.54. The van der Waals surface area contributed by atoms with E-state index in [4.69, 9.17) is 4.74 Å². The highest BCUT2D eigenvalue weighted by Crippen LogP contribution is 2.14. The zero-order valence-corrected chi connectivity index (χ0v) is 20.4. The molecule has 0 spiro atoms. The van der Waals surface area contributed by atoms with Gasteiger partial charge in [-0.15, -0.1) is 24.0 Å². The Balaban J connectivity index is 0.00000300. The molecule has 1 aromatic rings. The third-order valence-corrected chi connectivity index (χ3v) is 5.57. The van der Waals surface area contributed by atoms with E-state index in [1.165, 1.54) is 6.42 Å². The van der Waals surface area contributed by atoms with Crippen LogP contribution in [0.5, 0.6) is 0 Å². The first-order valence-corrected chi connectivity index (χ1v) is 10.6. The molecule has 2 aliphatic rings. The Bertz CT molecular complexity index is 600. The van der Waals surface area contributed by atoms with Crippen LogP contribution >= 0.6 is 24.0 Å². The Morgan fingerprint density at radius 1 is 1.14 bits per heavy atom. The van der Waals surface area contributed by atoms with E-state index >= 15 is 0 Å². The van der Waals surface area contributed by atoms with E-state index in [9.17, 15) is 0 Å². The number of piperazine rings is 1. The van der Waals surface area contributed by atoms with Gasteiger partial charge in [-0.3, -0.25) is 9.89 Å². The lowest BCUT2D eigenvalue weighted by Gasteiger charge is -2.39. The van der Waals surface area contributed by atoms with Crippen molar-refractivity contribution in [3.63, 3.8) is 0 Å². The second-order valence-electron chi connectivity index (χ2n) is 8.02. The second-order valence-corrected chi connectivity index (χ2v) is 8.02. The number of halogens is 1. The van der Waals surface area contributed by atoms with Crippen LogP contribution < -0.4 is 10.2 Å². The van der Waals surface area contributed by atoms with E-state index in [1.807, 2.05) is 19.3 Å². The van der Waals surface area contributed by atoms with Gasteiger partial charge in [0, 0.05) is 65.1 Å². The molecule has 164 valence electrons. The lowest BCUT2D eigenvalue weighted by Crippen LogP contribution is -2.55. The number of nitrogens with zero attached hydrogens (tertiary/aromatic N) is 5. The monoisotopic (exact) mass is 516 g/mol. The van der Waals surface area contributed by atoms with Gasteiger partial charge in [0.1, 0.15) is 5.82 Å². The van der Waals surface area contributed by atoms with Gasteiger partial charge in [0.15, 0.2) is 5.96 Å². The normalized spacial score (nSPS) is 19.8. The third kappa shape index (κ3) is 7.25. The first kappa shape index (κ1) is 24.1. The molecular formula is C21H37IN6O. The standard InChI is InChI=1S/C21H36N6O.HI/c1-18(2)16-19(25-12-14-28-15-13-25)17-24-21(22-3)27-10-8-26(9-11-27)20-6-4-5-7-23-20;/h4-7,18-19H,8-17H2,1-3H3,(H,22,24);1H. The molecule has 3 heterocycles. The molecule has 1 N–H and O–H groups in total. The molecule has 0 bridgehead atoms. The molecule has 29 heavy (non-hydrogen) atoms. The van der Waals surface area contributed by atoms with E-state index in [2.05, 4.69) is 56.0 Å². The van der Waals surface area contributed by atoms with Crippen molar-refractivity contribution >= 4 is 35.8 Å². The molecular weight excluding hydrogens is 479 g/mol. The van der Waals surface area contributed by atoms with Crippen LogP contribution in [0.3, 0.4) is 0 Å². The van der Waals surface area contributed by atoms with Gasteiger partial charge in [-0.2, -0.15) is 0 Å². The summed E-state index contributed by atoms with van der Waals surface area (Å²) >= 11 is 0. The maximum atomic E-state index is 5.54. The van der Waals surface area contributed by atoms with Crippen LogP contribution in [0.15, 0.2) is 29.4 Å². The van der Waals surface area contributed by atoms with E-state index in [-0.39, 0.29) is 24.0 Å². The second kappa shape index (κ2) is 12.5. The maximum Gasteiger partial charge on any atom is 0.193 e. The summed E-state index contributed by atoms with van der Waals surface area (Å²) in [7, 11) is 1.89. The number of ether oxygens (including phenoxy) is 1. The molecule has 3 rings (SSSR count). The summed E-state index contributed by atoms with van der Waals surface area (Å²) in [6.45, 7) is 13.2. The minimum atomic E-state index is 0. The highest BCUT2D eigenvalue weighted by molar-refractivity contribution is 14.0. The van der Waals surface area contributed by atoms with Crippen LogP contribution in [-0.4, -0.2) is 92.9 Å². The Hall–Kier alpha value is -1.13. The third-order valence-electron chi connectivity index (χ3n) is 5.57. The SMILES string of the molecule is CN=C(NCC(CC(C)C)N1CCOCC1)N1CCN(c2ccccn2)CC1.I. The lowest BCUT2D eigenvalue weighted by molar-refractivity contribution is 0.0131. The number of hydrogen-bond donors (Lipinski definition) is 1. The van der Waals surface area contributed by atoms with Crippen molar-refractivity contribution in [1.82, 2.24) is 20.1 Å². The molecule has 0 aliphatic carbocycles. The number of guanidine groups is 1. The van der Waals surface area contributed by atoms with Gasteiger partial charge in [-0.05, 0) is 24.5 Å². The number of hydrogen-bond acceptors (Lipinski definition) is 5. The largest absolute Gasteiger partial charge is 0.379 e. The van der Waals surface area contributed by atoms with Crippen LogP contribution in [0.4, 0.5) is 5.82 Å². The summed E-state index contributed by atoms with van der Waals surface area (Å²) in [6, 6.07) is 6.63. The summed E-state index contributed by atoms with van der Waals surface area (Å²) in [6.07, 6.45) is 3.06. The molecule has 0 saturated carbocycles. The van der Waals surface area contributed by atoms with Gasteiger partial charge >= 0.3 is 0 Å². The highest BCUT2D eigenvalue weighted by atomic mass is 127. The summed E-state index contributed by atoms with van der Waals surface area (Å²) in [5, 5.41) is 3.66. The van der Waals surface area contributed by atoms with Crippen molar-refractivity contribution < 1.29 is 4.74 Å². The quantitative estimate of drug-likeness (QED) is 0.356. The molecule has 0 amide bonds. The van der Waals surface area contributed by atoms with Crippen molar-refractivity contribution in [3.8, 4) is 0 Å². The fourth-order valence-electron chi connectivity index (χ4n) is 4.08. The predicted molar refractivity (Wildman–Crippen MR) is 130 cm³/mol. The summed E-state index contributed by atoms with van der Waals surface area (Å²) in [5.74, 6) is 2.76. The number of aliphatic imine (C=N–C) groups is 1. The number of anilines is 1. The molecule has 7 nitrogen and oxygen atoms in total. The van der Waals surface area contributed by atoms with Crippen LogP contribution in [0.25, 0.3) is 0 Å². The topological polar surface area (TPSA) is 56.2 Å². The average Bonchev–Trinajstić information content (AvgIpc) is 2.75. The Morgan fingerprint density at radius 2 is 1.86 bits per heavy atom. The molecule has 2 saturated heterocycles. The minimum absolute atomic E-state index is 0. The predicted octanol–water partition coefficient (Wildman–Crippen LogP) is 2.14. The number of nitrogens with one attached hydrogen (secondary N) is 1. The Labute approximate surface area is 192 Å². The molecule has 1 atom stereocenters. The van der Waals surface area contributed by atoms with Gasteiger partial charge in [0.25, 0.3) is 0 Å². The van der Waals surface area contributed by atoms with E-state index in [0.29, 0.717) is 12.0 Å². The zero-order valence-electron chi connectivity index (χ0n) is 18.1. The van der Waals surface area contributed by atoms with Gasteiger partial charge < -0.3 is 19.9 Å². The van der Waals surface area contributed by atoms with Crippen molar-refractivity contribution in [1.29, 1.82) is 0 Å². The van der Waals surface area contributed by atoms with Gasteiger partial charge in [0.2, 0.25) is 0 Å². The summed E-state index contributed by atoms with van der Waals surface area (Å²) in [5.41, 5.74) is 0. The van der Waals surface area contributed by atoms with E-state index in [1.54, 1.807) is 0 Å². The Morgan fingerprint density at radius 3 is 2.45 bits per heavy atom. The number of rotatable bonds is 6. The van der Waals surface area contributed by atoms with Crippen molar-refractivity contribution in [2.24, 2.45) is 10.9 Å². The van der Waals surface area contributed by atoms with E-state index < -0.39 is 0 Å². The fourth-order valence-corrected chi connectivity index (χ4v) is 4.08. The van der Waals surface area contributed by atoms with Gasteiger partial charge in [-0.1, -0.05) is 19.9 Å². The lowest BCUT2D eigenvalue weighted by atomic mass is 10.0. The van der Waals surface area contributed by atoms with Crippen molar-refractivity contribution in [2.45, 2.75) is 26.3 Å². The smallest absolute Gasteiger partial charge is 0.193 e. The van der Waals surface area contributed by atoms with Crippen LogP contribution in [-0.2, 0) is 4.74 Å². The summed E-state index contributed by atoms with van der Waals surface area (Å²) in [4.78, 5) is 16.3. The molecule has 1 aromatic heterocycles. The van der Waals surface area contributed by atoms with Crippen LogP contribution in [0.2, 0.25) is 0 Å². The molecule has 0 aromatic carbocycles. The average molecular weight is 516 g/mol. The minimum Gasteiger partial charge on any atom is -0.379 e. The number of morpholine rings is 1. The van der Waals surface area contributed by atoms with Gasteiger partial charge in [0.05, 0.1) is 13.2 Å². The van der Waals surface area contributed by atoms with Crippen LogP contribution in [0.1, 0.15) is 20.3 Å². The molecule has 2 aliphatic heterocycles. The van der Waals surface area contributed by atoms with Crippen LogP contribution in [0, 0.1) is 5.92 Å². The molecule has 1 unspecified atom stereocenters. The van der Waals surface area contributed by atoms with Crippen molar-refractivity contribution in [2.75, 3.05) is 71.0 Å². The van der Waals surface area contributed by atoms with E-state index in [0.717, 1.165) is 70.8 Å². The molecule has 2 fully saturated rings. The first-order valence-electron chi connectivity index (χ1n) is 10.6. The fraction of sp³-hybridized carbons (Fsp3) is 0.714. The van der Waals surface area contributed by atoms with Gasteiger partial charge in [-0.25, -0.2) is 4.98 Å². The number of aromatic nitrogens is 1. The van der Waals surface area contributed by atoms with Crippen molar-refractivity contribution in [3.05, 3.63) is 24.4 Å². The molecule has 8 heteroatoms. The maximum absolute atomic E-state index is 5.54. The highest BCUT2D eigenvalue weighted by Gasteiger charge is 2.24. The number of pyridine rings is 1. The molecule has 0 radical (unpaired) electrons.